The lowest BCUT2D eigenvalue weighted by atomic mass is 9.91. The van der Waals surface area contributed by atoms with Gasteiger partial charge < -0.3 is 14.2 Å². The van der Waals surface area contributed by atoms with Gasteiger partial charge >= 0.3 is 5.97 Å². The van der Waals surface area contributed by atoms with Gasteiger partial charge in [-0.15, -0.1) is 0 Å². The molecule has 0 heterocycles. The van der Waals surface area contributed by atoms with Crippen molar-refractivity contribution in [1.82, 2.24) is 0 Å². The molecule has 0 bridgehead atoms. The summed E-state index contributed by atoms with van der Waals surface area (Å²) in [7, 11) is 0. The Kier molecular flexibility index (Phi) is 5.99. The van der Waals surface area contributed by atoms with Crippen LogP contribution in [0.25, 0.3) is 10.8 Å². The molecule has 0 spiro atoms. The van der Waals surface area contributed by atoms with E-state index in [-0.39, 0.29) is 19.4 Å². The Labute approximate surface area is 137 Å². The van der Waals surface area contributed by atoms with Gasteiger partial charge in [0.2, 0.25) is 0 Å². The van der Waals surface area contributed by atoms with Crippen molar-refractivity contribution in [3.8, 4) is 5.75 Å². The second kappa shape index (κ2) is 7.97. The lowest BCUT2D eigenvalue weighted by Crippen LogP contribution is -2.27. The van der Waals surface area contributed by atoms with Crippen molar-refractivity contribution in [2.24, 2.45) is 5.41 Å². The third-order valence-corrected chi connectivity index (χ3v) is 3.94. The maximum absolute atomic E-state index is 11.8. The molecule has 0 atom stereocenters. The van der Waals surface area contributed by atoms with Crippen molar-refractivity contribution in [1.29, 1.82) is 0 Å². The van der Waals surface area contributed by atoms with Gasteiger partial charge in [0, 0.05) is 5.39 Å². The molecule has 0 amide bonds. The predicted octanol–water partition coefficient (Wildman–Crippen LogP) is 4.17. The fourth-order valence-corrected chi connectivity index (χ4v) is 2.02. The van der Waals surface area contributed by atoms with Crippen molar-refractivity contribution in [3.63, 3.8) is 0 Å². The van der Waals surface area contributed by atoms with Crippen LogP contribution in [0, 0.1) is 5.41 Å². The smallest absolute Gasteiger partial charge is 0.311 e. The molecule has 23 heavy (non-hydrogen) atoms. The molecule has 0 fully saturated rings. The monoisotopic (exact) mass is 316 g/mol. The lowest BCUT2D eigenvalue weighted by molar-refractivity contribution is -0.156. The molecule has 0 aromatic heterocycles. The van der Waals surface area contributed by atoms with Crippen LogP contribution in [0.1, 0.15) is 27.2 Å². The molecule has 0 saturated carbocycles. The molecule has 4 nitrogen and oxygen atoms in total. The number of rotatable bonds is 8. The number of esters is 1. The highest BCUT2D eigenvalue weighted by Gasteiger charge is 2.26. The zero-order valence-corrected chi connectivity index (χ0v) is 14.0. The van der Waals surface area contributed by atoms with Crippen LogP contribution in [0.15, 0.2) is 42.5 Å². The first kappa shape index (κ1) is 17.3. The molecule has 0 saturated heterocycles. The molecule has 0 unspecified atom stereocenters. The zero-order valence-electron chi connectivity index (χ0n) is 14.0. The molecule has 0 N–H and O–H groups in total. The predicted molar refractivity (Wildman–Crippen MR) is 90.4 cm³/mol. The van der Waals surface area contributed by atoms with Crippen molar-refractivity contribution in [2.45, 2.75) is 27.2 Å². The molecule has 2 rings (SSSR count). The summed E-state index contributed by atoms with van der Waals surface area (Å²) in [6, 6.07) is 13.9. The maximum atomic E-state index is 11.8. The van der Waals surface area contributed by atoms with E-state index in [2.05, 4.69) is 0 Å². The van der Waals surface area contributed by atoms with Gasteiger partial charge in [0.05, 0.1) is 12.0 Å². The van der Waals surface area contributed by atoms with Crippen molar-refractivity contribution in [2.75, 3.05) is 20.0 Å². The molecule has 2 aromatic carbocycles. The normalized spacial score (nSPS) is 11.4. The zero-order chi connectivity index (χ0) is 16.7. The van der Waals surface area contributed by atoms with Crippen molar-refractivity contribution >= 4 is 16.7 Å². The number of hydrogen-bond acceptors (Lipinski definition) is 4. The summed E-state index contributed by atoms with van der Waals surface area (Å²) in [6.45, 7) is 6.40. The highest BCUT2D eigenvalue weighted by molar-refractivity contribution is 5.88. The van der Waals surface area contributed by atoms with Crippen molar-refractivity contribution in [3.05, 3.63) is 42.5 Å². The second-order valence-corrected chi connectivity index (χ2v) is 6.02. The Morgan fingerprint density at radius 2 is 1.78 bits per heavy atom. The Hall–Kier alpha value is -2.07. The summed E-state index contributed by atoms with van der Waals surface area (Å²) in [5, 5.41) is 2.18. The molecule has 0 aliphatic heterocycles. The van der Waals surface area contributed by atoms with Crippen LogP contribution in [0.4, 0.5) is 0 Å². The number of carbonyl (C=O) groups is 1. The van der Waals surface area contributed by atoms with E-state index in [0.29, 0.717) is 6.61 Å². The number of benzene rings is 2. The Bertz CT molecular complexity index is 643. The largest absolute Gasteiger partial charge is 0.467 e. The van der Waals surface area contributed by atoms with Crippen LogP contribution in [-0.2, 0) is 14.3 Å². The van der Waals surface area contributed by atoms with E-state index in [0.717, 1.165) is 22.9 Å². The number of fused-ring (bicyclic) bond motifs is 1. The van der Waals surface area contributed by atoms with E-state index in [4.69, 9.17) is 14.2 Å². The molecule has 0 aliphatic carbocycles. The van der Waals surface area contributed by atoms with Gasteiger partial charge in [-0.2, -0.15) is 0 Å². The SMILES string of the molecule is CCC(C)(C)C(=O)OCCOCOc1cccc2ccccc12. The third-order valence-electron chi connectivity index (χ3n) is 3.94. The van der Waals surface area contributed by atoms with E-state index < -0.39 is 5.41 Å². The topological polar surface area (TPSA) is 44.8 Å². The molecule has 124 valence electrons. The van der Waals surface area contributed by atoms with E-state index in [1.54, 1.807) is 0 Å². The summed E-state index contributed by atoms with van der Waals surface area (Å²) >= 11 is 0. The molecule has 4 heteroatoms. The first-order valence-electron chi connectivity index (χ1n) is 7.90. The number of hydrogen-bond donors (Lipinski definition) is 0. The van der Waals surface area contributed by atoms with Gasteiger partial charge in [0.25, 0.3) is 0 Å². The van der Waals surface area contributed by atoms with Gasteiger partial charge in [-0.05, 0) is 31.7 Å². The summed E-state index contributed by atoms with van der Waals surface area (Å²) in [6.07, 6.45) is 0.747. The van der Waals surface area contributed by atoms with Gasteiger partial charge in [-0.3, -0.25) is 4.79 Å². The number of ether oxygens (including phenoxy) is 3. The minimum absolute atomic E-state index is 0.128. The molecular formula is C19H24O4. The molecule has 0 aliphatic rings. The molecule has 2 aromatic rings. The van der Waals surface area contributed by atoms with E-state index >= 15 is 0 Å². The minimum atomic E-state index is -0.445. The van der Waals surface area contributed by atoms with E-state index in [1.807, 2.05) is 63.2 Å². The highest BCUT2D eigenvalue weighted by atomic mass is 16.7. The average Bonchev–Trinajstić information content (AvgIpc) is 2.57. The summed E-state index contributed by atoms with van der Waals surface area (Å²) in [5.74, 6) is 0.589. The van der Waals surface area contributed by atoms with Gasteiger partial charge in [-0.25, -0.2) is 0 Å². The van der Waals surface area contributed by atoms with Crippen LogP contribution >= 0.6 is 0 Å². The van der Waals surface area contributed by atoms with Crippen LogP contribution in [0.5, 0.6) is 5.75 Å². The van der Waals surface area contributed by atoms with Crippen LogP contribution < -0.4 is 4.74 Å². The Balaban J connectivity index is 1.73. The third kappa shape index (κ3) is 4.70. The average molecular weight is 316 g/mol. The second-order valence-electron chi connectivity index (χ2n) is 6.02. The van der Waals surface area contributed by atoms with Crippen LogP contribution in [-0.4, -0.2) is 26.0 Å². The van der Waals surface area contributed by atoms with Gasteiger partial charge in [0.1, 0.15) is 12.4 Å². The summed E-state index contributed by atoms with van der Waals surface area (Å²) in [5.41, 5.74) is -0.445. The summed E-state index contributed by atoms with van der Waals surface area (Å²) < 4.78 is 16.2. The van der Waals surface area contributed by atoms with Crippen LogP contribution in [0.3, 0.4) is 0 Å². The van der Waals surface area contributed by atoms with E-state index in [1.165, 1.54) is 0 Å². The fraction of sp³-hybridized carbons (Fsp3) is 0.421. The van der Waals surface area contributed by atoms with Gasteiger partial charge in [-0.1, -0.05) is 43.3 Å². The highest BCUT2D eigenvalue weighted by Crippen LogP contribution is 2.25. The van der Waals surface area contributed by atoms with Crippen LogP contribution in [0.2, 0.25) is 0 Å². The number of carbonyl (C=O) groups excluding carboxylic acids is 1. The standard InChI is InChI=1S/C19H24O4/c1-4-19(2,3)18(20)22-13-12-21-14-23-17-11-7-9-15-8-5-6-10-16(15)17/h5-11H,4,12-14H2,1-3H3. The quantitative estimate of drug-likeness (QED) is 0.416. The fourth-order valence-electron chi connectivity index (χ4n) is 2.02. The molecular weight excluding hydrogens is 292 g/mol. The summed E-state index contributed by atoms with van der Waals surface area (Å²) in [4.78, 5) is 11.8. The minimum Gasteiger partial charge on any atom is -0.467 e. The first-order valence-corrected chi connectivity index (χ1v) is 7.90. The van der Waals surface area contributed by atoms with E-state index in [9.17, 15) is 4.79 Å². The van der Waals surface area contributed by atoms with Crippen molar-refractivity contribution < 1.29 is 19.0 Å². The maximum Gasteiger partial charge on any atom is 0.311 e. The first-order chi connectivity index (χ1) is 11.0. The Morgan fingerprint density at radius 1 is 1.04 bits per heavy atom. The molecule has 0 radical (unpaired) electrons. The Morgan fingerprint density at radius 3 is 2.57 bits per heavy atom. The van der Waals surface area contributed by atoms with Gasteiger partial charge in [0.15, 0.2) is 6.79 Å². The lowest BCUT2D eigenvalue weighted by Gasteiger charge is -2.20.